The molecule has 0 fully saturated rings. The SMILES string of the molecule is CCCCC(c1ccccc1)[SiH](OCCC)OCCC. The summed E-state index contributed by atoms with van der Waals surface area (Å²) in [4.78, 5) is 0. The Balaban J connectivity index is 2.79. The lowest BCUT2D eigenvalue weighted by molar-refractivity contribution is 0.186. The van der Waals surface area contributed by atoms with Crippen LogP contribution >= 0.6 is 0 Å². The van der Waals surface area contributed by atoms with Crippen LogP contribution in [0.2, 0.25) is 0 Å². The predicted octanol–water partition coefficient (Wildman–Crippen LogP) is 4.57. The lowest BCUT2D eigenvalue weighted by Gasteiger charge is -2.26. The van der Waals surface area contributed by atoms with E-state index in [1.807, 2.05) is 0 Å². The van der Waals surface area contributed by atoms with Gasteiger partial charge in [0.05, 0.1) is 0 Å². The molecule has 0 amide bonds. The molecule has 1 aromatic carbocycles. The van der Waals surface area contributed by atoms with Crippen molar-refractivity contribution in [3.63, 3.8) is 0 Å². The number of rotatable bonds is 11. The summed E-state index contributed by atoms with van der Waals surface area (Å²) in [7, 11) is -1.64. The van der Waals surface area contributed by atoms with Gasteiger partial charge >= 0.3 is 9.28 Å². The molecule has 0 heterocycles. The van der Waals surface area contributed by atoms with Gasteiger partial charge in [-0.2, -0.15) is 0 Å². The van der Waals surface area contributed by atoms with Gasteiger partial charge in [-0.05, 0) is 24.8 Å². The van der Waals surface area contributed by atoms with Gasteiger partial charge in [-0.15, -0.1) is 0 Å². The van der Waals surface area contributed by atoms with Crippen LogP contribution in [0.15, 0.2) is 30.3 Å². The largest absolute Gasteiger partial charge is 0.396 e. The molecule has 0 aromatic heterocycles. The maximum absolute atomic E-state index is 6.12. The van der Waals surface area contributed by atoms with E-state index < -0.39 is 9.28 Å². The molecular weight excluding hydrogens is 264 g/mol. The fourth-order valence-electron chi connectivity index (χ4n) is 2.33. The monoisotopic (exact) mass is 294 g/mol. The zero-order chi connectivity index (χ0) is 14.6. The first-order valence-corrected chi connectivity index (χ1v) is 9.72. The lowest BCUT2D eigenvalue weighted by Crippen LogP contribution is -2.32. The summed E-state index contributed by atoms with van der Waals surface area (Å²) in [6.07, 6.45) is 5.79. The Labute approximate surface area is 126 Å². The van der Waals surface area contributed by atoms with E-state index in [0.717, 1.165) is 26.1 Å². The van der Waals surface area contributed by atoms with Gasteiger partial charge < -0.3 is 8.85 Å². The predicted molar refractivity (Wildman–Crippen MR) is 88.3 cm³/mol. The molecule has 1 rings (SSSR count). The van der Waals surface area contributed by atoms with Crippen molar-refractivity contribution in [1.29, 1.82) is 0 Å². The third-order valence-electron chi connectivity index (χ3n) is 3.40. The van der Waals surface area contributed by atoms with Gasteiger partial charge in [-0.1, -0.05) is 63.9 Å². The van der Waals surface area contributed by atoms with E-state index in [9.17, 15) is 0 Å². The highest BCUT2D eigenvalue weighted by atomic mass is 28.3. The Morgan fingerprint density at radius 2 is 1.50 bits per heavy atom. The van der Waals surface area contributed by atoms with Crippen LogP contribution in [-0.2, 0) is 8.85 Å². The van der Waals surface area contributed by atoms with Gasteiger partial charge in [0.15, 0.2) is 0 Å². The van der Waals surface area contributed by atoms with Crippen LogP contribution in [-0.4, -0.2) is 22.5 Å². The Hall–Kier alpha value is -0.643. The standard InChI is InChI=1S/C17H30O2Si/c1-4-7-13-17(16-11-9-8-10-12-16)20(18-14-5-2)19-15-6-3/h8-12,17,20H,4-7,13-15H2,1-3H3. The minimum Gasteiger partial charge on any atom is -0.396 e. The molecule has 3 heteroatoms. The second kappa shape index (κ2) is 11.1. The van der Waals surface area contributed by atoms with Crippen LogP contribution in [0.5, 0.6) is 0 Å². The highest BCUT2D eigenvalue weighted by molar-refractivity contribution is 6.46. The molecule has 1 atom stereocenters. The Bertz CT molecular complexity index is 321. The van der Waals surface area contributed by atoms with E-state index in [1.165, 1.54) is 24.8 Å². The van der Waals surface area contributed by atoms with Crippen LogP contribution < -0.4 is 0 Å². The number of hydrogen-bond donors (Lipinski definition) is 0. The van der Waals surface area contributed by atoms with Crippen molar-refractivity contribution in [1.82, 2.24) is 0 Å². The van der Waals surface area contributed by atoms with E-state index >= 15 is 0 Å². The van der Waals surface area contributed by atoms with Crippen LogP contribution in [0.1, 0.15) is 64.0 Å². The van der Waals surface area contributed by atoms with E-state index in [-0.39, 0.29) is 0 Å². The van der Waals surface area contributed by atoms with Gasteiger partial charge in [0.2, 0.25) is 0 Å². The van der Waals surface area contributed by atoms with Crippen molar-refractivity contribution in [3.05, 3.63) is 35.9 Å². The average Bonchev–Trinajstić information content (AvgIpc) is 2.50. The minimum absolute atomic E-state index is 0.481. The summed E-state index contributed by atoms with van der Waals surface area (Å²) in [5, 5.41) is 0. The Morgan fingerprint density at radius 3 is 2.00 bits per heavy atom. The zero-order valence-electron chi connectivity index (χ0n) is 13.3. The van der Waals surface area contributed by atoms with Gasteiger partial charge in [0.1, 0.15) is 0 Å². The number of unbranched alkanes of at least 4 members (excludes halogenated alkanes) is 1. The minimum atomic E-state index is -1.64. The van der Waals surface area contributed by atoms with Gasteiger partial charge in [0, 0.05) is 18.8 Å². The normalized spacial score (nSPS) is 12.8. The third kappa shape index (κ3) is 6.20. The quantitative estimate of drug-likeness (QED) is 0.556. The average molecular weight is 295 g/mol. The fourth-order valence-corrected chi connectivity index (χ4v) is 4.87. The van der Waals surface area contributed by atoms with Gasteiger partial charge in [-0.25, -0.2) is 0 Å². The molecule has 2 nitrogen and oxygen atoms in total. The molecule has 0 N–H and O–H groups in total. The summed E-state index contributed by atoms with van der Waals surface area (Å²) in [5.41, 5.74) is 1.87. The highest BCUT2D eigenvalue weighted by Crippen LogP contribution is 2.26. The second-order valence-electron chi connectivity index (χ2n) is 5.27. The van der Waals surface area contributed by atoms with Crippen molar-refractivity contribution in [3.8, 4) is 0 Å². The van der Waals surface area contributed by atoms with Crippen LogP contribution in [0.25, 0.3) is 0 Å². The van der Waals surface area contributed by atoms with Crippen LogP contribution in [0.4, 0.5) is 0 Å². The van der Waals surface area contributed by atoms with E-state index in [2.05, 4.69) is 51.1 Å². The van der Waals surface area contributed by atoms with Crippen molar-refractivity contribution in [2.24, 2.45) is 0 Å². The first-order valence-electron chi connectivity index (χ1n) is 8.11. The van der Waals surface area contributed by atoms with Crippen molar-refractivity contribution >= 4 is 9.28 Å². The first-order chi connectivity index (χ1) is 9.83. The van der Waals surface area contributed by atoms with Crippen molar-refractivity contribution in [2.75, 3.05) is 13.2 Å². The smallest absolute Gasteiger partial charge is 0.329 e. The molecule has 0 spiro atoms. The molecular formula is C17H30O2Si. The van der Waals surface area contributed by atoms with Crippen molar-refractivity contribution in [2.45, 2.75) is 58.4 Å². The molecule has 0 radical (unpaired) electrons. The molecule has 0 saturated heterocycles. The van der Waals surface area contributed by atoms with Gasteiger partial charge in [0.25, 0.3) is 0 Å². The lowest BCUT2D eigenvalue weighted by atomic mass is 10.1. The summed E-state index contributed by atoms with van der Waals surface area (Å²) >= 11 is 0. The fraction of sp³-hybridized carbons (Fsp3) is 0.647. The molecule has 0 saturated carbocycles. The number of hydrogen-bond acceptors (Lipinski definition) is 2. The topological polar surface area (TPSA) is 18.5 Å². The molecule has 1 unspecified atom stereocenters. The molecule has 0 aliphatic carbocycles. The molecule has 0 aliphatic heterocycles. The second-order valence-corrected chi connectivity index (χ2v) is 7.48. The molecule has 0 bridgehead atoms. The summed E-state index contributed by atoms with van der Waals surface area (Å²) < 4.78 is 12.2. The van der Waals surface area contributed by atoms with Crippen molar-refractivity contribution < 1.29 is 8.85 Å². The summed E-state index contributed by atoms with van der Waals surface area (Å²) in [6, 6.07) is 10.8. The van der Waals surface area contributed by atoms with E-state index in [0.29, 0.717) is 5.54 Å². The maximum Gasteiger partial charge on any atom is 0.329 e. The Kier molecular flexibility index (Phi) is 9.63. The highest BCUT2D eigenvalue weighted by Gasteiger charge is 2.27. The Morgan fingerprint density at radius 1 is 0.900 bits per heavy atom. The molecule has 1 aromatic rings. The van der Waals surface area contributed by atoms with Crippen LogP contribution in [0, 0.1) is 0 Å². The zero-order valence-corrected chi connectivity index (χ0v) is 14.5. The van der Waals surface area contributed by atoms with Crippen LogP contribution in [0.3, 0.4) is 0 Å². The van der Waals surface area contributed by atoms with E-state index in [4.69, 9.17) is 8.85 Å². The third-order valence-corrected chi connectivity index (χ3v) is 5.90. The van der Waals surface area contributed by atoms with Gasteiger partial charge in [-0.3, -0.25) is 0 Å². The summed E-state index contributed by atoms with van der Waals surface area (Å²) in [5.74, 6) is 0. The molecule has 0 aliphatic rings. The number of benzene rings is 1. The maximum atomic E-state index is 6.12. The molecule has 20 heavy (non-hydrogen) atoms. The molecule has 114 valence electrons. The van der Waals surface area contributed by atoms with E-state index in [1.54, 1.807) is 0 Å². The first kappa shape index (κ1) is 17.4. The summed E-state index contributed by atoms with van der Waals surface area (Å²) in [6.45, 7) is 8.23.